The number of thiocarbonyl (C=S) groups is 1. The summed E-state index contributed by atoms with van der Waals surface area (Å²) in [5.74, 6) is 0.564. The maximum Gasteiger partial charge on any atom is 0.251 e. The number of nitrogens with one attached hydrogen (secondary N) is 1. The maximum atomic E-state index is 5.50. The summed E-state index contributed by atoms with van der Waals surface area (Å²) in [5, 5.41) is 7.62. The zero-order chi connectivity index (χ0) is 16.4. The van der Waals surface area contributed by atoms with Gasteiger partial charge in [-0.2, -0.15) is 5.10 Å². The van der Waals surface area contributed by atoms with E-state index in [9.17, 15) is 0 Å². The highest BCUT2D eigenvalue weighted by atomic mass is 32.1. The summed E-state index contributed by atoms with van der Waals surface area (Å²) in [6, 6.07) is 11.8. The zero-order valence-electron chi connectivity index (χ0n) is 13.2. The molecule has 0 saturated carbocycles. The Morgan fingerprint density at radius 2 is 1.70 bits per heavy atom. The third-order valence-electron chi connectivity index (χ3n) is 3.45. The van der Waals surface area contributed by atoms with Crippen LogP contribution in [0.15, 0.2) is 42.6 Å². The molecule has 0 atom stereocenters. The molecule has 0 saturated heterocycles. The summed E-state index contributed by atoms with van der Waals surface area (Å²) < 4.78 is 1.72. The lowest BCUT2D eigenvalue weighted by atomic mass is 10.2. The zero-order valence-corrected chi connectivity index (χ0v) is 14.1. The largest absolute Gasteiger partial charge is 0.346 e. The molecule has 116 valence electrons. The Morgan fingerprint density at radius 1 is 1.04 bits per heavy atom. The van der Waals surface area contributed by atoms with Crippen LogP contribution < -0.4 is 5.32 Å². The van der Waals surface area contributed by atoms with Gasteiger partial charge in [-0.05, 0) is 39.0 Å². The number of para-hydroxylation sites is 1. The van der Waals surface area contributed by atoms with Crippen molar-refractivity contribution in [1.29, 1.82) is 0 Å². The predicted octanol–water partition coefficient (Wildman–Crippen LogP) is 3.38. The molecule has 0 fully saturated rings. The Balaban J connectivity index is 1.91. The van der Waals surface area contributed by atoms with Gasteiger partial charge in [0.15, 0.2) is 0 Å². The van der Waals surface area contributed by atoms with E-state index in [4.69, 9.17) is 12.2 Å². The van der Waals surface area contributed by atoms with Gasteiger partial charge in [-0.1, -0.05) is 30.4 Å². The molecule has 0 spiro atoms. The van der Waals surface area contributed by atoms with Crippen LogP contribution in [-0.2, 0) is 0 Å². The lowest BCUT2D eigenvalue weighted by Gasteiger charge is -2.08. The first-order valence-corrected chi connectivity index (χ1v) is 7.69. The highest BCUT2D eigenvalue weighted by Crippen LogP contribution is 2.15. The monoisotopic (exact) mass is 323 g/mol. The Kier molecular flexibility index (Phi) is 4.16. The van der Waals surface area contributed by atoms with Gasteiger partial charge >= 0.3 is 0 Å². The van der Waals surface area contributed by atoms with E-state index in [1.165, 1.54) is 0 Å². The highest BCUT2D eigenvalue weighted by molar-refractivity contribution is 7.81. The number of anilines is 1. The van der Waals surface area contributed by atoms with Crippen LogP contribution in [0.1, 0.15) is 22.6 Å². The molecule has 0 amide bonds. The van der Waals surface area contributed by atoms with Gasteiger partial charge in [0, 0.05) is 17.1 Å². The van der Waals surface area contributed by atoms with E-state index < -0.39 is 0 Å². The molecule has 0 aliphatic heterocycles. The van der Waals surface area contributed by atoms with E-state index in [0.29, 0.717) is 10.9 Å². The van der Waals surface area contributed by atoms with Crippen molar-refractivity contribution in [2.75, 3.05) is 5.32 Å². The molecule has 0 unspecified atom stereocenters. The van der Waals surface area contributed by atoms with Crippen LogP contribution in [0.25, 0.3) is 5.95 Å². The van der Waals surface area contributed by atoms with Gasteiger partial charge in [-0.3, -0.25) is 0 Å². The van der Waals surface area contributed by atoms with Crippen LogP contribution in [0, 0.1) is 20.8 Å². The van der Waals surface area contributed by atoms with Gasteiger partial charge in [-0.25, -0.2) is 14.6 Å². The van der Waals surface area contributed by atoms with Crippen molar-refractivity contribution >= 4 is 22.9 Å². The van der Waals surface area contributed by atoms with E-state index in [2.05, 4.69) is 20.4 Å². The van der Waals surface area contributed by atoms with Crippen molar-refractivity contribution in [3.8, 4) is 5.95 Å². The molecule has 3 aromatic rings. The molecule has 0 aliphatic rings. The Bertz CT molecular complexity index is 834. The fourth-order valence-corrected chi connectivity index (χ4v) is 2.67. The lowest BCUT2D eigenvalue weighted by Crippen LogP contribution is -2.12. The minimum atomic E-state index is 0.564. The van der Waals surface area contributed by atoms with E-state index >= 15 is 0 Å². The topological polar surface area (TPSA) is 55.6 Å². The van der Waals surface area contributed by atoms with Crippen LogP contribution in [0.5, 0.6) is 0 Å². The van der Waals surface area contributed by atoms with Crippen LogP contribution in [0.4, 0.5) is 5.69 Å². The summed E-state index contributed by atoms with van der Waals surface area (Å²) in [6.07, 6.45) is 1.74. The van der Waals surface area contributed by atoms with Crippen molar-refractivity contribution in [3.63, 3.8) is 0 Å². The second kappa shape index (κ2) is 6.26. The quantitative estimate of drug-likeness (QED) is 0.749. The van der Waals surface area contributed by atoms with Crippen molar-refractivity contribution in [2.24, 2.45) is 0 Å². The fourth-order valence-electron chi connectivity index (χ4n) is 2.36. The SMILES string of the molecule is Cc1cc(C)nc(-n2ncc(C(=S)Nc3ccccc3)c2C)n1. The maximum absolute atomic E-state index is 5.50. The second-order valence-electron chi connectivity index (χ2n) is 5.33. The average molecular weight is 323 g/mol. The second-order valence-corrected chi connectivity index (χ2v) is 5.73. The number of hydrogen-bond donors (Lipinski definition) is 1. The van der Waals surface area contributed by atoms with Gasteiger partial charge in [0.2, 0.25) is 0 Å². The summed E-state index contributed by atoms with van der Waals surface area (Å²) in [5.41, 5.74) is 4.55. The minimum Gasteiger partial charge on any atom is -0.346 e. The molecule has 2 aromatic heterocycles. The summed E-state index contributed by atoms with van der Waals surface area (Å²) in [4.78, 5) is 9.52. The third-order valence-corrected chi connectivity index (χ3v) is 3.77. The molecule has 1 N–H and O–H groups in total. The Labute approximate surface area is 140 Å². The van der Waals surface area contributed by atoms with Crippen LogP contribution in [0.3, 0.4) is 0 Å². The van der Waals surface area contributed by atoms with Crippen LogP contribution in [0.2, 0.25) is 0 Å². The van der Waals surface area contributed by atoms with Crippen molar-refractivity contribution in [3.05, 3.63) is 65.2 Å². The predicted molar refractivity (Wildman–Crippen MR) is 95.1 cm³/mol. The van der Waals surface area contributed by atoms with Gasteiger partial charge in [0.1, 0.15) is 4.99 Å². The first-order chi connectivity index (χ1) is 11.0. The molecule has 3 rings (SSSR count). The van der Waals surface area contributed by atoms with Crippen molar-refractivity contribution in [1.82, 2.24) is 19.7 Å². The third kappa shape index (κ3) is 3.27. The number of aromatic nitrogens is 4. The summed E-state index contributed by atoms with van der Waals surface area (Å²) >= 11 is 5.50. The molecular formula is C17H17N5S. The first-order valence-electron chi connectivity index (χ1n) is 7.28. The Morgan fingerprint density at radius 3 is 2.35 bits per heavy atom. The van der Waals surface area contributed by atoms with Gasteiger partial charge < -0.3 is 5.32 Å². The van der Waals surface area contributed by atoms with E-state index in [1.807, 2.05) is 57.2 Å². The number of rotatable bonds is 3. The van der Waals surface area contributed by atoms with Crippen LogP contribution >= 0.6 is 12.2 Å². The van der Waals surface area contributed by atoms with Crippen molar-refractivity contribution in [2.45, 2.75) is 20.8 Å². The normalized spacial score (nSPS) is 10.6. The lowest BCUT2D eigenvalue weighted by molar-refractivity contribution is 0.771. The van der Waals surface area contributed by atoms with Crippen LogP contribution in [-0.4, -0.2) is 24.7 Å². The van der Waals surface area contributed by atoms with E-state index in [1.54, 1.807) is 10.9 Å². The molecule has 1 aromatic carbocycles. The van der Waals surface area contributed by atoms with Gasteiger partial charge in [0.25, 0.3) is 5.95 Å². The first kappa shape index (κ1) is 15.3. The summed E-state index contributed by atoms with van der Waals surface area (Å²) in [7, 11) is 0. The molecule has 0 radical (unpaired) electrons. The van der Waals surface area contributed by atoms with E-state index in [-0.39, 0.29) is 0 Å². The van der Waals surface area contributed by atoms with E-state index in [0.717, 1.165) is 28.3 Å². The highest BCUT2D eigenvalue weighted by Gasteiger charge is 2.14. The average Bonchev–Trinajstić information content (AvgIpc) is 2.89. The van der Waals surface area contributed by atoms with Gasteiger partial charge in [0.05, 0.1) is 17.5 Å². The molecule has 5 nitrogen and oxygen atoms in total. The minimum absolute atomic E-state index is 0.564. The fraction of sp³-hybridized carbons (Fsp3) is 0.176. The number of hydrogen-bond acceptors (Lipinski definition) is 4. The number of aryl methyl sites for hydroxylation is 2. The molecule has 0 bridgehead atoms. The Hall–Kier alpha value is -2.60. The van der Waals surface area contributed by atoms with Crippen molar-refractivity contribution < 1.29 is 0 Å². The smallest absolute Gasteiger partial charge is 0.251 e. The number of benzene rings is 1. The van der Waals surface area contributed by atoms with Gasteiger partial charge in [-0.15, -0.1) is 0 Å². The summed E-state index contributed by atoms with van der Waals surface area (Å²) in [6.45, 7) is 5.85. The molecule has 6 heteroatoms. The standard InChI is InChI=1S/C17H17N5S/c1-11-9-12(2)20-17(19-11)22-13(3)15(10-18-22)16(23)21-14-7-5-4-6-8-14/h4-10H,1-3H3,(H,21,23). The number of nitrogens with zero attached hydrogens (tertiary/aromatic N) is 4. The molecule has 2 heterocycles. The molecular weight excluding hydrogens is 306 g/mol. The molecule has 0 aliphatic carbocycles. The molecule has 23 heavy (non-hydrogen) atoms.